The Morgan fingerprint density at radius 1 is 1.12 bits per heavy atom. The molecule has 7 nitrogen and oxygen atoms in total. The molecule has 0 amide bonds. The molecule has 0 radical (unpaired) electrons. The summed E-state index contributed by atoms with van der Waals surface area (Å²) >= 11 is 0. The minimum Gasteiger partial charge on any atom is -0.434 e. The van der Waals surface area contributed by atoms with Crippen LogP contribution in [0.2, 0.25) is 0 Å². The molecule has 0 bridgehead atoms. The summed E-state index contributed by atoms with van der Waals surface area (Å²) in [5, 5.41) is 6.34. The van der Waals surface area contributed by atoms with Crippen LogP contribution in [0.5, 0.6) is 5.75 Å². The zero-order valence-electron chi connectivity index (χ0n) is 18.4. The number of nitrogens with one attached hydrogen (secondary N) is 2. The van der Waals surface area contributed by atoms with E-state index in [0.29, 0.717) is 31.2 Å². The van der Waals surface area contributed by atoms with Gasteiger partial charge in [0.05, 0.1) is 6.54 Å². The van der Waals surface area contributed by atoms with Gasteiger partial charge >= 0.3 is 6.61 Å². The molecule has 0 unspecified atom stereocenters. The quantitative estimate of drug-likeness (QED) is 0.294. The molecule has 3 rings (SSSR count). The number of ether oxygens (including phenoxy) is 1. The monoisotopic (exact) mass is 560 g/mol. The predicted molar refractivity (Wildman–Crippen MR) is 134 cm³/mol. The number of guanidine groups is 1. The maximum absolute atomic E-state index is 12.6. The molecule has 32 heavy (non-hydrogen) atoms. The molecule has 1 aliphatic rings. The second kappa shape index (κ2) is 13.4. The van der Waals surface area contributed by atoms with Crippen LogP contribution in [0.3, 0.4) is 0 Å². The van der Waals surface area contributed by atoms with Crippen molar-refractivity contribution in [1.82, 2.24) is 20.5 Å². The first-order valence-electron chi connectivity index (χ1n) is 10.5. The van der Waals surface area contributed by atoms with E-state index in [2.05, 4.69) is 42.2 Å². The first-order chi connectivity index (χ1) is 15.0. The summed E-state index contributed by atoms with van der Waals surface area (Å²) in [7, 11) is 2.13. The van der Waals surface area contributed by atoms with Crippen molar-refractivity contribution < 1.29 is 13.5 Å². The summed E-state index contributed by atoms with van der Waals surface area (Å²) in [6.45, 7) is 4.60. The fourth-order valence-corrected chi connectivity index (χ4v) is 3.28. The van der Waals surface area contributed by atoms with Gasteiger partial charge in [-0.2, -0.15) is 8.78 Å². The number of rotatable bonds is 8. The molecule has 10 heteroatoms. The molecule has 1 aromatic carbocycles. The van der Waals surface area contributed by atoms with Gasteiger partial charge in [-0.05, 0) is 31.7 Å². The van der Waals surface area contributed by atoms with Crippen LogP contribution in [0.4, 0.5) is 14.6 Å². The minimum absolute atomic E-state index is 0. The van der Waals surface area contributed by atoms with Crippen LogP contribution in [0.25, 0.3) is 0 Å². The van der Waals surface area contributed by atoms with E-state index in [-0.39, 0.29) is 29.7 Å². The Morgan fingerprint density at radius 2 is 1.88 bits per heavy atom. The van der Waals surface area contributed by atoms with E-state index in [1.54, 1.807) is 18.2 Å². The third-order valence-electron chi connectivity index (χ3n) is 5.04. The summed E-state index contributed by atoms with van der Waals surface area (Å²) in [6, 6.07) is 10.8. The van der Waals surface area contributed by atoms with Gasteiger partial charge in [0, 0.05) is 51.0 Å². The van der Waals surface area contributed by atoms with Crippen LogP contribution in [0, 0.1) is 0 Å². The Balaban J connectivity index is 0.00000363. The minimum atomic E-state index is -2.86. The van der Waals surface area contributed by atoms with Crippen molar-refractivity contribution in [3.8, 4) is 5.75 Å². The lowest BCUT2D eigenvalue weighted by Crippen LogP contribution is -2.44. The third kappa shape index (κ3) is 8.05. The van der Waals surface area contributed by atoms with Crippen LogP contribution in [0.1, 0.15) is 18.1 Å². The number of benzene rings is 1. The maximum Gasteiger partial charge on any atom is 0.387 e. The van der Waals surface area contributed by atoms with Crippen molar-refractivity contribution in [2.24, 2.45) is 4.99 Å². The zero-order chi connectivity index (χ0) is 22.1. The fraction of sp³-hybridized carbons (Fsp3) is 0.455. The van der Waals surface area contributed by atoms with E-state index in [0.717, 1.165) is 37.6 Å². The number of piperazine rings is 1. The third-order valence-corrected chi connectivity index (χ3v) is 5.04. The SMILES string of the molecule is CCNC(=NCc1ccc(N2CCN(C)CC2)nc1)NCc1ccccc1OC(F)F.I. The molecule has 0 saturated carbocycles. The standard InChI is InChI=1S/C22H30F2N6O.HI/c1-3-25-22(28-16-18-6-4-5-7-19(18)31-21(23)24)27-15-17-8-9-20(26-14-17)30-12-10-29(2)11-13-30;/h4-9,14,21H,3,10-13,15-16H2,1-2H3,(H2,25,27,28);1H. The number of aliphatic imine (C=N–C) groups is 1. The van der Waals surface area contributed by atoms with E-state index in [1.807, 2.05) is 25.3 Å². The molecule has 0 aliphatic carbocycles. The number of aromatic nitrogens is 1. The van der Waals surface area contributed by atoms with Gasteiger partial charge in [0.2, 0.25) is 0 Å². The number of anilines is 1. The van der Waals surface area contributed by atoms with Crippen molar-refractivity contribution in [3.63, 3.8) is 0 Å². The van der Waals surface area contributed by atoms with Gasteiger partial charge in [0.1, 0.15) is 11.6 Å². The molecule has 0 spiro atoms. The van der Waals surface area contributed by atoms with Gasteiger partial charge in [0.25, 0.3) is 0 Å². The number of hydrogen-bond donors (Lipinski definition) is 2. The fourth-order valence-electron chi connectivity index (χ4n) is 3.28. The Morgan fingerprint density at radius 3 is 2.53 bits per heavy atom. The zero-order valence-corrected chi connectivity index (χ0v) is 20.8. The molecule has 1 saturated heterocycles. The van der Waals surface area contributed by atoms with Gasteiger partial charge in [-0.25, -0.2) is 9.98 Å². The summed E-state index contributed by atoms with van der Waals surface area (Å²) in [4.78, 5) is 13.8. The molecule has 0 atom stereocenters. The van der Waals surface area contributed by atoms with Gasteiger partial charge in [-0.3, -0.25) is 0 Å². The molecule has 2 heterocycles. The lowest BCUT2D eigenvalue weighted by Gasteiger charge is -2.33. The number of hydrogen-bond acceptors (Lipinski definition) is 5. The molecule has 1 aliphatic heterocycles. The molecule has 1 aromatic heterocycles. The number of halogens is 3. The average molecular weight is 560 g/mol. The lowest BCUT2D eigenvalue weighted by molar-refractivity contribution is -0.0504. The Kier molecular flexibility index (Phi) is 10.9. The molecule has 2 aromatic rings. The van der Waals surface area contributed by atoms with E-state index < -0.39 is 6.61 Å². The molecular formula is C22H31F2IN6O. The average Bonchev–Trinajstić information content (AvgIpc) is 2.77. The van der Waals surface area contributed by atoms with E-state index in [4.69, 9.17) is 0 Å². The van der Waals surface area contributed by atoms with Crippen molar-refractivity contribution in [2.75, 3.05) is 44.7 Å². The predicted octanol–water partition coefficient (Wildman–Crippen LogP) is 3.31. The second-order valence-electron chi connectivity index (χ2n) is 7.35. The molecular weight excluding hydrogens is 529 g/mol. The first-order valence-corrected chi connectivity index (χ1v) is 10.5. The molecule has 2 N–H and O–H groups in total. The van der Waals surface area contributed by atoms with Crippen molar-refractivity contribution >= 4 is 35.8 Å². The number of para-hydroxylation sites is 1. The summed E-state index contributed by atoms with van der Waals surface area (Å²) < 4.78 is 29.8. The van der Waals surface area contributed by atoms with Crippen molar-refractivity contribution in [1.29, 1.82) is 0 Å². The highest BCUT2D eigenvalue weighted by Crippen LogP contribution is 2.20. The number of alkyl halides is 2. The number of likely N-dealkylation sites (N-methyl/N-ethyl adjacent to an activating group) is 1. The van der Waals surface area contributed by atoms with Crippen LogP contribution in [-0.4, -0.2) is 62.2 Å². The normalized spacial score (nSPS) is 14.8. The highest BCUT2D eigenvalue weighted by atomic mass is 127. The van der Waals surface area contributed by atoms with Crippen LogP contribution >= 0.6 is 24.0 Å². The van der Waals surface area contributed by atoms with Gasteiger partial charge in [-0.15, -0.1) is 24.0 Å². The molecule has 1 fully saturated rings. The highest BCUT2D eigenvalue weighted by Gasteiger charge is 2.15. The van der Waals surface area contributed by atoms with Gasteiger partial charge < -0.3 is 25.2 Å². The van der Waals surface area contributed by atoms with E-state index in [1.165, 1.54) is 6.07 Å². The van der Waals surface area contributed by atoms with Crippen molar-refractivity contribution in [3.05, 3.63) is 53.7 Å². The van der Waals surface area contributed by atoms with E-state index in [9.17, 15) is 8.78 Å². The number of nitrogens with zero attached hydrogens (tertiary/aromatic N) is 4. The molecule has 176 valence electrons. The summed E-state index contributed by atoms with van der Waals surface area (Å²) in [6.07, 6.45) is 1.85. The Hall–Kier alpha value is -2.21. The van der Waals surface area contributed by atoms with Crippen LogP contribution < -0.4 is 20.3 Å². The lowest BCUT2D eigenvalue weighted by atomic mass is 10.2. The first kappa shape index (κ1) is 26.0. The van der Waals surface area contributed by atoms with Crippen LogP contribution in [0.15, 0.2) is 47.6 Å². The smallest absolute Gasteiger partial charge is 0.387 e. The number of pyridine rings is 1. The topological polar surface area (TPSA) is 65.0 Å². The van der Waals surface area contributed by atoms with Gasteiger partial charge in [-0.1, -0.05) is 24.3 Å². The summed E-state index contributed by atoms with van der Waals surface area (Å²) in [5.41, 5.74) is 1.63. The maximum atomic E-state index is 12.6. The Labute approximate surface area is 205 Å². The summed E-state index contributed by atoms with van der Waals surface area (Å²) in [5.74, 6) is 1.74. The van der Waals surface area contributed by atoms with Gasteiger partial charge in [0.15, 0.2) is 5.96 Å². The van der Waals surface area contributed by atoms with E-state index >= 15 is 0 Å². The Bertz CT molecular complexity index is 845. The largest absolute Gasteiger partial charge is 0.434 e. The van der Waals surface area contributed by atoms with Crippen LogP contribution in [-0.2, 0) is 13.1 Å². The second-order valence-corrected chi connectivity index (χ2v) is 7.35. The highest BCUT2D eigenvalue weighted by molar-refractivity contribution is 14.0. The van der Waals surface area contributed by atoms with Crippen molar-refractivity contribution in [2.45, 2.75) is 26.6 Å².